The van der Waals surface area contributed by atoms with E-state index in [0.717, 1.165) is 18.8 Å². The molecule has 0 N–H and O–H groups in total. The van der Waals surface area contributed by atoms with E-state index in [9.17, 15) is 0 Å². The van der Waals surface area contributed by atoms with Crippen molar-refractivity contribution in [3.8, 4) is 0 Å². The van der Waals surface area contributed by atoms with Gasteiger partial charge in [-0.3, -0.25) is 0 Å². The fraction of sp³-hybridized carbons (Fsp3) is 0.714. The molecule has 0 aromatic rings. The topological polar surface area (TPSA) is 0 Å². The molecular formula is C14H26. The molecule has 0 fully saturated rings. The summed E-state index contributed by atoms with van der Waals surface area (Å²) in [5, 5.41) is 0. The van der Waals surface area contributed by atoms with Gasteiger partial charge < -0.3 is 0 Å². The maximum absolute atomic E-state index is 3.79. The average Bonchev–Trinajstić information content (AvgIpc) is 2.09. The highest BCUT2D eigenvalue weighted by molar-refractivity contribution is 4.79. The van der Waals surface area contributed by atoms with E-state index in [1.54, 1.807) is 0 Å². The molecule has 0 saturated heterocycles. The molecule has 82 valence electrons. The van der Waals surface area contributed by atoms with Crippen LogP contribution in [0.25, 0.3) is 0 Å². The molecule has 0 rings (SSSR count). The van der Waals surface area contributed by atoms with E-state index in [2.05, 4.69) is 33.9 Å². The van der Waals surface area contributed by atoms with Gasteiger partial charge in [0, 0.05) is 0 Å². The first-order chi connectivity index (χ1) is 6.52. The van der Waals surface area contributed by atoms with E-state index in [1.165, 1.54) is 19.3 Å². The van der Waals surface area contributed by atoms with Gasteiger partial charge in [0.15, 0.2) is 0 Å². The van der Waals surface area contributed by atoms with E-state index in [-0.39, 0.29) is 0 Å². The molecule has 0 aliphatic carbocycles. The first-order valence-electron chi connectivity index (χ1n) is 5.74. The van der Waals surface area contributed by atoms with Crippen molar-refractivity contribution in [3.63, 3.8) is 0 Å². The van der Waals surface area contributed by atoms with Crippen molar-refractivity contribution in [1.82, 2.24) is 0 Å². The van der Waals surface area contributed by atoms with Gasteiger partial charge in [-0.1, -0.05) is 32.9 Å². The van der Waals surface area contributed by atoms with Crippen molar-refractivity contribution >= 4 is 0 Å². The Bertz CT molecular complexity index is 159. The zero-order valence-corrected chi connectivity index (χ0v) is 10.2. The van der Waals surface area contributed by atoms with Gasteiger partial charge in [-0.2, -0.15) is 0 Å². The molecule has 0 bridgehead atoms. The van der Waals surface area contributed by atoms with Crippen LogP contribution in [0.1, 0.15) is 52.9 Å². The zero-order chi connectivity index (χ0) is 11.0. The van der Waals surface area contributed by atoms with Gasteiger partial charge in [0.05, 0.1) is 0 Å². The van der Waals surface area contributed by atoms with Crippen LogP contribution in [0.2, 0.25) is 0 Å². The Hall–Kier alpha value is -0.520. The molecule has 0 aliphatic heterocycles. The minimum absolute atomic E-state index is 0.435. The summed E-state index contributed by atoms with van der Waals surface area (Å²) in [7, 11) is 0. The van der Waals surface area contributed by atoms with Gasteiger partial charge in [-0.05, 0) is 43.4 Å². The maximum atomic E-state index is 3.79. The molecule has 0 heteroatoms. The van der Waals surface area contributed by atoms with Crippen molar-refractivity contribution in [2.45, 2.75) is 52.9 Å². The van der Waals surface area contributed by atoms with Crippen molar-refractivity contribution in [2.75, 3.05) is 0 Å². The molecule has 0 saturated carbocycles. The lowest BCUT2D eigenvalue weighted by Gasteiger charge is -2.30. The number of hydrogen-bond acceptors (Lipinski definition) is 0. The Morgan fingerprint density at radius 1 is 1.00 bits per heavy atom. The van der Waals surface area contributed by atoms with Gasteiger partial charge >= 0.3 is 0 Å². The minimum atomic E-state index is 0.435. The van der Waals surface area contributed by atoms with Crippen molar-refractivity contribution in [3.05, 3.63) is 25.3 Å². The Labute approximate surface area is 90.1 Å². The lowest BCUT2D eigenvalue weighted by Crippen LogP contribution is -2.20. The highest BCUT2D eigenvalue weighted by Gasteiger charge is 2.22. The Morgan fingerprint density at radius 2 is 1.57 bits per heavy atom. The van der Waals surface area contributed by atoms with E-state index >= 15 is 0 Å². The number of rotatable bonds is 7. The minimum Gasteiger partial charge on any atom is -0.103 e. The standard InChI is InChI=1S/C14H26/c1-6-8-10-12-13(11-9-7-2)14(3,4)5/h6-7,13H,1-2,8-12H2,3-5H3. The second-order valence-corrected chi connectivity index (χ2v) is 5.15. The Morgan fingerprint density at radius 3 is 2.00 bits per heavy atom. The van der Waals surface area contributed by atoms with E-state index in [4.69, 9.17) is 0 Å². The van der Waals surface area contributed by atoms with Gasteiger partial charge in [-0.15, -0.1) is 13.2 Å². The SMILES string of the molecule is C=CCCCC(CCC=C)C(C)(C)C. The predicted molar refractivity (Wildman–Crippen MR) is 66.4 cm³/mol. The fourth-order valence-corrected chi connectivity index (χ4v) is 1.84. The van der Waals surface area contributed by atoms with Crippen LogP contribution >= 0.6 is 0 Å². The molecule has 1 unspecified atom stereocenters. The summed E-state index contributed by atoms with van der Waals surface area (Å²) in [6.45, 7) is 14.6. The third-order valence-corrected chi connectivity index (χ3v) is 2.90. The molecule has 0 aromatic carbocycles. The van der Waals surface area contributed by atoms with Crippen LogP contribution in [-0.4, -0.2) is 0 Å². The monoisotopic (exact) mass is 194 g/mol. The third-order valence-electron chi connectivity index (χ3n) is 2.90. The lowest BCUT2D eigenvalue weighted by molar-refractivity contribution is 0.210. The summed E-state index contributed by atoms with van der Waals surface area (Å²) in [6, 6.07) is 0. The van der Waals surface area contributed by atoms with Crippen LogP contribution in [0.4, 0.5) is 0 Å². The smallest absolute Gasteiger partial charge is 0.0351 e. The van der Waals surface area contributed by atoms with Crippen molar-refractivity contribution in [1.29, 1.82) is 0 Å². The summed E-state index contributed by atoms with van der Waals surface area (Å²) < 4.78 is 0. The van der Waals surface area contributed by atoms with E-state index < -0.39 is 0 Å². The van der Waals surface area contributed by atoms with Crippen molar-refractivity contribution < 1.29 is 0 Å². The molecule has 0 radical (unpaired) electrons. The zero-order valence-electron chi connectivity index (χ0n) is 10.2. The molecular weight excluding hydrogens is 168 g/mol. The number of allylic oxidation sites excluding steroid dienone is 2. The van der Waals surface area contributed by atoms with Gasteiger partial charge in [0.1, 0.15) is 0 Å². The quantitative estimate of drug-likeness (QED) is 0.396. The van der Waals surface area contributed by atoms with Crippen LogP contribution in [0.3, 0.4) is 0 Å². The molecule has 0 aliphatic rings. The molecule has 14 heavy (non-hydrogen) atoms. The summed E-state index contributed by atoms with van der Waals surface area (Å²) in [6.07, 6.45) is 10.2. The first kappa shape index (κ1) is 13.5. The largest absolute Gasteiger partial charge is 0.103 e. The second kappa shape index (κ2) is 6.86. The second-order valence-electron chi connectivity index (χ2n) is 5.15. The lowest BCUT2D eigenvalue weighted by atomic mass is 9.75. The summed E-state index contributed by atoms with van der Waals surface area (Å²) in [4.78, 5) is 0. The molecule has 0 amide bonds. The number of unbranched alkanes of at least 4 members (excludes halogenated alkanes) is 1. The van der Waals surface area contributed by atoms with Crippen LogP contribution in [-0.2, 0) is 0 Å². The number of hydrogen-bond donors (Lipinski definition) is 0. The highest BCUT2D eigenvalue weighted by atomic mass is 14.3. The fourth-order valence-electron chi connectivity index (χ4n) is 1.84. The van der Waals surface area contributed by atoms with E-state index in [0.29, 0.717) is 5.41 Å². The summed E-state index contributed by atoms with van der Waals surface area (Å²) in [5.74, 6) is 0.820. The van der Waals surface area contributed by atoms with Crippen LogP contribution in [0.15, 0.2) is 25.3 Å². The van der Waals surface area contributed by atoms with Crippen LogP contribution in [0.5, 0.6) is 0 Å². The third kappa shape index (κ3) is 6.01. The molecule has 0 spiro atoms. The van der Waals surface area contributed by atoms with Crippen molar-refractivity contribution in [2.24, 2.45) is 11.3 Å². The molecule has 0 heterocycles. The normalized spacial score (nSPS) is 13.6. The van der Waals surface area contributed by atoms with Gasteiger partial charge in [-0.25, -0.2) is 0 Å². The highest BCUT2D eigenvalue weighted by Crippen LogP contribution is 2.33. The first-order valence-corrected chi connectivity index (χ1v) is 5.74. The Kier molecular flexibility index (Phi) is 6.61. The molecule has 0 aromatic heterocycles. The van der Waals surface area contributed by atoms with Crippen LogP contribution < -0.4 is 0 Å². The van der Waals surface area contributed by atoms with Crippen LogP contribution in [0, 0.1) is 11.3 Å². The summed E-state index contributed by atoms with van der Waals surface area (Å²) >= 11 is 0. The summed E-state index contributed by atoms with van der Waals surface area (Å²) in [5.41, 5.74) is 0.435. The predicted octanol–water partition coefficient (Wildman–Crippen LogP) is 4.97. The van der Waals surface area contributed by atoms with E-state index in [1.807, 2.05) is 12.2 Å². The van der Waals surface area contributed by atoms with Gasteiger partial charge in [0.2, 0.25) is 0 Å². The molecule has 0 nitrogen and oxygen atoms in total. The molecule has 1 atom stereocenters. The Balaban J connectivity index is 3.97. The maximum Gasteiger partial charge on any atom is -0.0351 e. The van der Waals surface area contributed by atoms with Gasteiger partial charge in [0.25, 0.3) is 0 Å². The average molecular weight is 194 g/mol.